The number of nitrogens with one attached hydrogen (secondary N) is 2. The molecule has 0 spiro atoms. The molecule has 0 aliphatic carbocycles. The standard InChI is InChI=1S/C20H26BFN2O3/c1-13-6-11-16(22)17(12-13)24-18(25)23-15-9-7-14(8-10-15)21-26-19(2,3)20(4,5)27-21/h6-12,18,23-25H,1-5H3. The highest BCUT2D eigenvalue weighted by Gasteiger charge is 2.51. The summed E-state index contributed by atoms with van der Waals surface area (Å²) in [5.41, 5.74) is 1.93. The molecule has 1 saturated heterocycles. The van der Waals surface area contributed by atoms with Crippen LogP contribution in [0.15, 0.2) is 42.5 Å². The van der Waals surface area contributed by atoms with Gasteiger partial charge in [-0.15, -0.1) is 0 Å². The first-order valence-corrected chi connectivity index (χ1v) is 9.00. The van der Waals surface area contributed by atoms with Crippen LogP contribution in [-0.4, -0.2) is 29.8 Å². The van der Waals surface area contributed by atoms with Crippen molar-refractivity contribution in [1.82, 2.24) is 0 Å². The molecule has 1 atom stereocenters. The molecule has 7 heteroatoms. The molecule has 1 heterocycles. The molecule has 3 N–H and O–H groups in total. The Labute approximate surface area is 160 Å². The number of aryl methyl sites for hydroxylation is 1. The SMILES string of the molecule is Cc1ccc(F)c(NC(O)Nc2ccc(B3OC(C)(C)C(C)(C)O3)cc2)c1. The maximum absolute atomic E-state index is 13.8. The van der Waals surface area contributed by atoms with Crippen molar-refractivity contribution in [2.24, 2.45) is 0 Å². The first kappa shape index (κ1) is 19.7. The normalized spacial score (nSPS) is 19.0. The van der Waals surface area contributed by atoms with E-state index in [-0.39, 0.29) is 5.69 Å². The van der Waals surface area contributed by atoms with Crippen molar-refractivity contribution in [3.05, 3.63) is 53.8 Å². The number of anilines is 2. The number of benzene rings is 2. The van der Waals surface area contributed by atoms with Crippen LogP contribution in [-0.2, 0) is 9.31 Å². The Hall–Kier alpha value is -2.09. The molecular weight excluding hydrogens is 346 g/mol. The average Bonchev–Trinajstić information content (AvgIpc) is 2.79. The molecule has 27 heavy (non-hydrogen) atoms. The largest absolute Gasteiger partial charge is 0.494 e. The zero-order chi connectivity index (χ0) is 19.8. The lowest BCUT2D eigenvalue weighted by atomic mass is 9.79. The van der Waals surface area contributed by atoms with Gasteiger partial charge >= 0.3 is 7.12 Å². The molecule has 0 aromatic heterocycles. The van der Waals surface area contributed by atoms with Gasteiger partial charge in [0, 0.05) is 5.69 Å². The summed E-state index contributed by atoms with van der Waals surface area (Å²) >= 11 is 0. The van der Waals surface area contributed by atoms with Crippen LogP contribution in [0, 0.1) is 12.7 Å². The second-order valence-electron chi connectivity index (χ2n) is 7.88. The second kappa shape index (κ2) is 7.15. The summed E-state index contributed by atoms with van der Waals surface area (Å²) in [5, 5.41) is 15.7. The van der Waals surface area contributed by atoms with E-state index in [0.717, 1.165) is 11.0 Å². The third kappa shape index (κ3) is 4.26. The molecule has 2 aromatic carbocycles. The molecule has 1 aliphatic rings. The summed E-state index contributed by atoms with van der Waals surface area (Å²) in [6, 6.07) is 12.1. The second-order valence-corrected chi connectivity index (χ2v) is 7.88. The molecule has 0 radical (unpaired) electrons. The van der Waals surface area contributed by atoms with Crippen LogP contribution in [0.3, 0.4) is 0 Å². The fraction of sp³-hybridized carbons (Fsp3) is 0.400. The van der Waals surface area contributed by atoms with Gasteiger partial charge in [-0.2, -0.15) is 0 Å². The smallest absolute Gasteiger partial charge is 0.399 e. The lowest BCUT2D eigenvalue weighted by Gasteiger charge is -2.32. The number of rotatable bonds is 5. The van der Waals surface area contributed by atoms with Crippen LogP contribution in [0.1, 0.15) is 33.3 Å². The molecule has 1 aliphatic heterocycles. The number of hydrogen-bond acceptors (Lipinski definition) is 5. The van der Waals surface area contributed by atoms with Gasteiger partial charge in [0.25, 0.3) is 0 Å². The molecule has 1 fully saturated rings. The van der Waals surface area contributed by atoms with Gasteiger partial charge in [-0.05, 0) is 69.9 Å². The summed E-state index contributed by atoms with van der Waals surface area (Å²) < 4.78 is 25.8. The highest BCUT2D eigenvalue weighted by molar-refractivity contribution is 6.62. The van der Waals surface area contributed by atoms with E-state index in [9.17, 15) is 9.50 Å². The zero-order valence-corrected chi connectivity index (χ0v) is 16.3. The fourth-order valence-electron chi connectivity index (χ4n) is 2.81. The molecule has 0 saturated carbocycles. The highest BCUT2D eigenvalue weighted by atomic mass is 19.1. The Kier molecular flexibility index (Phi) is 5.21. The Morgan fingerprint density at radius 1 is 0.963 bits per heavy atom. The topological polar surface area (TPSA) is 62.8 Å². The average molecular weight is 372 g/mol. The fourth-order valence-corrected chi connectivity index (χ4v) is 2.81. The summed E-state index contributed by atoms with van der Waals surface area (Å²) in [5.74, 6) is -0.419. The molecule has 0 amide bonds. The minimum absolute atomic E-state index is 0.240. The Morgan fingerprint density at radius 3 is 2.15 bits per heavy atom. The predicted molar refractivity (Wildman–Crippen MR) is 107 cm³/mol. The number of halogens is 1. The van der Waals surface area contributed by atoms with E-state index in [1.54, 1.807) is 12.1 Å². The van der Waals surface area contributed by atoms with Crippen molar-refractivity contribution >= 4 is 24.0 Å². The van der Waals surface area contributed by atoms with E-state index in [0.29, 0.717) is 5.69 Å². The van der Waals surface area contributed by atoms with Gasteiger partial charge in [0.1, 0.15) is 5.82 Å². The van der Waals surface area contributed by atoms with Gasteiger partial charge in [-0.3, -0.25) is 0 Å². The molecule has 0 bridgehead atoms. The lowest BCUT2D eigenvalue weighted by Crippen LogP contribution is -2.41. The van der Waals surface area contributed by atoms with Crippen molar-refractivity contribution in [1.29, 1.82) is 0 Å². The predicted octanol–water partition coefficient (Wildman–Crippen LogP) is 3.23. The van der Waals surface area contributed by atoms with Gasteiger partial charge in [0.15, 0.2) is 0 Å². The third-order valence-electron chi connectivity index (χ3n) is 5.15. The van der Waals surface area contributed by atoms with Crippen molar-refractivity contribution < 1.29 is 18.8 Å². The summed E-state index contributed by atoms with van der Waals surface area (Å²) in [6.45, 7) is 9.90. The minimum atomic E-state index is -1.14. The van der Waals surface area contributed by atoms with E-state index < -0.39 is 30.5 Å². The van der Waals surface area contributed by atoms with E-state index >= 15 is 0 Å². The monoisotopic (exact) mass is 372 g/mol. The minimum Gasteiger partial charge on any atom is -0.399 e. The van der Waals surface area contributed by atoms with Crippen molar-refractivity contribution in [3.63, 3.8) is 0 Å². The number of aliphatic hydroxyl groups excluding tert-OH is 1. The van der Waals surface area contributed by atoms with Crippen LogP contribution in [0.4, 0.5) is 15.8 Å². The maximum atomic E-state index is 13.8. The van der Waals surface area contributed by atoms with Crippen LogP contribution in [0.25, 0.3) is 0 Å². The highest BCUT2D eigenvalue weighted by Crippen LogP contribution is 2.36. The maximum Gasteiger partial charge on any atom is 0.494 e. The van der Waals surface area contributed by atoms with Crippen LogP contribution in [0.5, 0.6) is 0 Å². The summed E-state index contributed by atoms with van der Waals surface area (Å²) in [7, 11) is -0.437. The van der Waals surface area contributed by atoms with E-state index in [1.807, 2.05) is 58.9 Å². The molecule has 5 nitrogen and oxygen atoms in total. The Bertz CT molecular complexity index is 795. The van der Waals surface area contributed by atoms with Crippen molar-refractivity contribution in [3.8, 4) is 0 Å². The van der Waals surface area contributed by atoms with E-state index in [4.69, 9.17) is 9.31 Å². The van der Waals surface area contributed by atoms with Gasteiger partial charge in [0.05, 0.1) is 16.9 Å². The Morgan fingerprint density at radius 2 is 1.56 bits per heavy atom. The Balaban J connectivity index is 1.63. The number of aliphatic hydroxyl groups is 1. The zero-order valence-electron chi connectivity index (χ0n) is 16.3. The number of hydrogen-bond donors (Lipinski definition) is 3. The van der Waals surface area contributed by atoms with Gasteiger partial charge < -0.3 is 25.0 Å². The van der Waals surface area contributed by atoms with Crippen LogP contribution in [0.2, 0.25) is 0 Å². The lowest BCUT2D eigenvalue weighted by molar-refractivity contribution is 0.00578. The van der Waals surface area contributed by atoms with E-state index in [1.165, 1.54) is 6.07 Å². The molecule has 1 unspecified atom stereocenters. The van der Waals surface area contributed by atoms with Crippen molar-refractivity contribution in [2.75, 3.05) is 10.6 Å². The van der Waals surface area contributed by atoms with Crippen molar-refractivity contribution in [2.45, 2.75) is 52.2 Å². The summed E-state index contributed by atoms with van der Waals surface area (Å²) in [4.78, 5) is 0. The molecule has 3 rings (SSSR count). The quantitative estimate of drug-likeness (QED) is 0.556. The first-order valence-electron chi connectivity index (χ1n) is 9.00. The van der Waals surface area contributed by atoms with E-state index in [2.05, 4.69) is 10.6 Å². The molecule has 2 aromatic rings. The third-order valence-corrected chi connectivity index (χ3v) is 5.15. The summed E-state index contributed by atoms with van der Waals surface area (Å²) in [6.07, 6.45) is -1.14. The van der Waals surface area contributed by atoms with Gasteiger partial charge in [-0.25, -0.2) is 4.39 Å². The molecule has 144 valence electrons. The van der Waals surface area contributed by atoms with Gasteiger partial charge in [0.2, 0.25) is 6.35 Å². The molecular formula is C20H26BFN2O3. The van der Waals surface area contributed by atoms with Crippen LogP contribution >= 0.6 is 0 Å². The van der Waals surface area contributed by atoms with Gasteiger partial charge in [-0.1, -0.05) is 18.2 Å². The first-order chi connectivity index (χ1) is 12.6. The van der Waals surface area contributed by atoms with Crippen LogP contribution < -0.4 is 16.1 Å².